The number of carbonyl (C=O) groups is 1. The first kappa shape index (κ1) is 12.4. The van der Waals surface area contributed by atoms with Crippen molar-refractivity contribution in [2.24, 2.45) is 0 Å². The zero-order valence-corrected chi connectivity index (χ0v) is 10.9. The lowest BCUT2D eigenvalue weighted by Gasteiger charge is -2.12. The lowest BCUT2D eigenvalue weighted by atomic mass is 9.99. The summed E-state index contributed by atoms with van der Waals surface area (Å²) >= 11 is 1.97. The molecular formula is C12H13IO2. The first-order chi connectivity index (χ1) is 7.06. The predicted octanol–water partition coefficient (Wildman–Crippen LogP) is 2.94. The average Bonchev–Trinajstić information content (AvgIpc) is 2.19. The molecule has 0 radical (unpaired) electrons. The lowest BCUT2D eigenvalue weighted by molar-refractivity contribution is -0.114. The van der Waals surface area contributed by atoms with Crippen LogP contribution in [0.25, 0.3) is 0 Å². The second-order valence-corrected chi connectivity index (χ2v) is 4.06. The second-order valence-electron chi connectivity index (χ2n) is 3.43. The molecule has 0 heterocycles. The van der Waals surface area contributed by atoms with Crippen molar-refractivity contribution in [1.82, 2.24) is 0 Å². The molecule has 1 atom stereocenters. The molecule has 0 aliphatic carbocycles. The SMILES string of the molecule is CC(=O)/C(=C\I)C(O)c1ccc(C)cc1. The fourth-order valence-electron chi connectivity index (χ4n) is 1.26. The van der Waals surface area contributed by atoms with Crippen LogP contribution in [0.15, 0.2) is 33.9 Å². The molecule has 0 aliphatic rings. The smallest absolute Gasteiger partial charge is 0.159 e. The molecule has 0 saturated carbocycles. The van der Waals surface area contributed by atoms with Gasteiger partial charge in [-0.2, -0.15) is 0 Å². The van der Waals surface area contributed by atoms with Gasteiger partial charge in [-0.1, -0.05) is 52.4 Å². The quantitative estimate of drug-likeness (QED) is 0.688. The molecule has 3 heteroatoms. The number of rotatable bonds is 3. The fourth-order valence-corrected chi connectivity index (χ4v) is 2.04. The molecule has 1 aromatic carbocycles. The number of hydrogen-bond donors (Lipinski definition) is 1. The van der Waals surface area contributed by atoms with Gasteiger partial charge in [-0.05, 0) is 23.5 Å². The van der Waals surface area contributed by atoms with Crippen molar-refractivity contribution in [2.75, 3.05) is 0 Å². The van der Waals surface area contributed by atoms with Gasteiger partial charge in [-0.25, -0.2) is 0 Å². The third-order valence-corrected chi connectivity index (χ3v) is 2.88. The number of ketones is 1. The number of hydrogen-bond acceptors (Lipinski definition) is 2. The van der Waals surface area contributed by atoms with Crippen molar-refractivity contribution in [1.29, 1.82) is 0 Å². The molecule has 80 valence electrons. The van der Waals surface area contributed by atoms with Gasteiger partial charge in [-0.3, -0.25) is 4.79 Å². The summed E-state index contributed by atoms with van der Waals surface area (Å²) in [5.74, 6) is -0.0996. The summed E-state index contributed by atoms with van der Waals surface area (Å²) < 4.78 is 1.63. The van der Waals surface area contributed by atoms with E-state index in [9.17, 15) is 9.90 Å². The molecule has 0 saturated heterocycles. The highest BCUT2D eigenvalue weighted by Gasteiger charge is 2.16. The zero-order valence-electron chi connectivity index (χ0n) is 8.70. The van der Waals surface area contributed by atoms with Crippen molar-refractivity contribution >= 4 is 28.4 Å². The van der Waals surface area contributed by atoms with Crippen LogP contribution >= 0.6 is 22.6 Å². The van der Waals surface area contributed by atoms with Gasteiger partial charge in [0.1, 0.15) is 6.10 Å². The first-order valence-corrected chi connectivity index (χ1v) is 5.86. The van der Waals surface area contributed by atoms with Gasteiger partial charge in [0, 0.05) is 5.57 Å². The monoisotopic (exact) mass is 316 g/mol. The molecule has 1 N–H and O–H groups in total. The van der Waals surface area contributed by atoms with Gasteiger partial charge < -0.3 is 5.11 Å². The highest BCUT2D eigenvalue weighted by Crippen LogP contribution is 2.23. The molecule has 0 fully saturated rings. The molecule has 0 spiro atoms. The van der Waals surface area contributed by atoms with Crippen LogP contribution in [-0.4, -0.2) is 10.9 Å². The van der Waals surface area contributed by atoms with Gasteiger partial charge in [0.15, 0.2) is 5.78 Å². The van der Waals surface area contributed by atoms with Crippen LogP contribution in [0.4, 0.5) is 0 Å². The maximum Gasteiger partial charge on any atom is 0.159 e. The summed E-state index contributed by atoms with van der Waals surface area (Å²) in [7, 11) is 0. The minimum Gasteiger partial charge on any atom is -0.384 e. The molecule has 1 rings (SSSR count). The minimum absolute atomic E-state index is 0.0996. The van der Waals surface area contributed by atoms with Gasteiger partial charge >= 0.3 is 0 Å². The lowest BCUT2D eigenvalue weighted by Crippen LogP contribution is -2.08. The van der Waals surface area contributed by atoms with Crippen LogP contribution in [-0.2, 0) is 4.79 Å². The van der Waals surface area contributed by atoms with E-state index in [1.54, 1.807) is 4.08 Å². The molecule has 1 unspecified atom stereocenters. The molecule has 2 nitrogen and oxygen atoms in total. The largest absolute Gasteiger partial charge is 0.384 e. The summed E-state index contributed by atoms with van der Waals surface area (Å²) in [5.41, 5.74) is 2.31. The summed E-state index contributed by atoms with van der Waals surface area (Å²) in [6.45, 7) is 3.44. The fraction of sp³-hybridized carbons (Fsp3) is 0.250. The molecule has 0 aromatic heterocycles. The number of aryl methyl sites for hydroxylation is 1. The van der Waals surface area contributed by atoms with E-state index in [1.165, 1.54) is 6.92 Å². The van der Waals surface area contributed by atoms with Crippen LogP contribution in [0.5, 0.6) is 0 Å². The van der Waals surface area contributed by atoms with Gasteiger partial charge in [0.05, 0.1) is 0 Å². The van der Waals surface area contributed by atoms with E-state index in [0.29, 0.717) is 5.57 Å². The average molecular weight is 316 g/mol. The summed E-state index contributed by atoms with van der Waals surface area (Å²) in [5, 5.41) is 9.95. The van der Waals surface area contributed by atoms with Crippen LogP contribution in [0.1, 0.15) is 24.2 Å². The van der Waals surface area contributed by atoms with Crippen LogP contribution < -0.4 is 0 Å². The van der Waals surface area contributed by atoms with Gasteiger partial charge in [-0.15, -0.1) is 0 Å². The summed E-state index contributed by atoms with van der Waals surface area (Å²) in [6, 6.07) is 7.51. The highest BCUT2D eigenvalue weighted by molar-refractivity contribution is 14.1. The number of carbonyl (C=O) groups excluding carboxylic acids is 1. The number of halogens is 1. The number of aliphatic hydroxyl groups is 1. The Labute approximate surface area is 103 Å². The van der Waals surface area contributed by atoms with Gasteiger partial charge in [0.25, 0.3) is 0 Å². The Morgan fingerprint density at radius 1 is 1.40 bits per heavy atom. The van der Waals surface area contributed by atoms with Crippen molar-refractivity contribution in [3.05, 3.63) is 45.0 Å². The Kier molecular flexibility index (Phi) is 4.47. The van der Waals surface area contributed by atoms with Crippen molar-refractivity contribution in [3.8, 4) is 0 Å². The van der Waals surface area contributed by atoms with Crippen molar-refractivity contribution in [2.45, 2.75) is 20.0 Å². The Hall–Kier alpha value is -0.680. The Morgan fingerprint density at radius 3 is 2.33 bits per heavy atom. The minimum atomic E-state index is -0.819. The van der Waals surface area contributed by atoms with E-state index in [2.05, 4.69) is 0 Å². The number of aliphatic hydroxyl groups excluding tert-OH is 1. The van der Waals surface area contributed by atoms with E-state index in [1.807, 2.05) is 53.8 Å². The Morgan fingerprint density at radius 2 is 1.93 bits per heavy atom. The van der Waals surface area contributed by atoms with E-state index in [4.69, 9.17) is 0 Å². The van der Waals surface area contributed by atoms with E-state index in [-0.39, 0.29) is 5.78 Å². The normalized spacial score (nSPS) is 13.7. The number of Topliss-reactive ketones (excluding diaryl/α,β-unsaturated/α-hetero) is 1. The zero-order chi connectivity index (χ0) is 11.4. The van der Waals surface area contributed by atoms with Crippen LogP contribution in [0, 0.1) is 6.92 Å². The second kappa shape index (κ2) is 5.42. The Bertz CT molecular complexity index is 379. The van der Waals surface area contributed by atoms with Crippen LogP contribution in [0.3, 0.4) is 0 Å². The maximum atomic E-state index is 11.2. The topological polar surface area (TPSA) is 37.3 Å². The summed E-state index contributed by atoms with van der Waals surface area (Å²) in [4.78, 5) is 11.2. The molecule has 1 aromatic rings. The molecular weight excluding hydrogens is 303 g/mol. The highest BCUT2D eigenvalue weighted by atomic mass is 127. The number of benzene rings is 1. The molecule has 0 bridgehead atoms. The maximum absolute atomic E-state index is 11.2. The van der Waals surface area contributed by atoms with Gasteiger partial charge in [0.2, 0.25) is 0 Å². The Balaban J connectivity index is 2.98. The molecule has 0 amide bonds. The predicted molar refractivity (Wildman–Crippen MR) is 68.9 cm³/mol. The third kappa shape index (κ3) is 3.14. The first-order valence-electron chi connectivity index (χ1n) is 4.62. The molecule has 0 aliphatic heterocycles. The summed E-state index contributed by atoms with van der Waals surface area (Å²) in [6.07, 6.45) is -0.819. The van der Waals surface area contributed by atoms with Crippen molar-refractivity contribution < 1.29 is 9.90 Å². The van der Waals surface area contributed by atoms with E-state index < -0.39 is 6.10 Å². The molecule has 15 heavy (non-hydrogen) atoms. The van der Waals surface area contributed by atoms with Crippen molar-refractivity contribution in [3.63, 3.8) is 0 Å². The van der Waals surface area contributed by atoms with E-state index >= 15 is 0 Å². The van der Waals surface area contributed by atoms with E-state index in [0.717, 1.165) is 11.1 Å². The third-order valence-electron chi connectivity index (χ3n) is 2.21. The van der Waals surface area contributed by atoms with Crippen LogP contribution in [0.2, 0.25) is 0 Å². The standard InChI is InChI=1S/C12H13IO2/c1-8-3-5-10(6-4-8)12(15)11(7-13)9(2)14/h3-7,12,15H,1-2H3/b11-7+.